The highest BCUT2D eigenvalue weighted by Crippen LogP contribution is 2.31. The number of nitrogens with one attached hydrogen (secondary N) is 2. The minimum atomic E-state index is -0.706. The second-order valence-electron chi connectivity index (χ2n) is 6.94. The van der Waals surface area contributed by atoms with Crippen molar-refractivity contribution >= 4 is 40.4 Å². The van der Waals surface area contributed by atoms with Crippen molar-refractivity contribution in [2.75, 3.05) is 23.3 Å². The van der Waals surface area contributed by atoms with Gasteiger partial charge in [0.1, 0.15) is 0 Å². The van der Waals surface area contributed by atoms with Crippen LogP contribution in [0.5, 0.6) is 0 Å². The van der Waals surface area contributed by atoms with E-state index in [9.17, 15) is 14.4 Å². The molecule has 1 aromatic carbocycles. The maximum absolute atomic E-state index is 12.8. The lowest BCUT2D eigenvalue weighted by Crippen LogP contribution is -2.37. The zero-order chi connectivity index (χ0) is 19.4. The third kappa shape index (κ3) is 4.54. The Balaban J connectivity index is 1.76. The zero-order valence-corrected chi connectivity index (χ0v) is 16.3. The van der Waals surface area contributed by atoms with E-state index in [1.54, 1.807) is 17.0 Å². The predicted octanol–water partition coefficient (Wildman–Crippen LogP) is 3.05. The standard InChI is InChI=1S/C20H23N3O3S/c1-13(2)12-21-18(24)19(25)22-15-8-7-14-5-3-9-23(16(14)11-15)20(26)17-6-4-10-27-17/h4,6-8,10-11,13H,3,5,9,12H2,1-2H3,(H,21,24)(H,22,25). The summed E-state index contributed by atoms with van der Waals surface area (Å²) in [5, 5.41) is 7.10. The monoisotopic (exact) mass is 385 g/mol. The first-order chi connectivity index (χ1) is 13.0. The molecular weight excluding hydrogens is 362 g/mol. The van der Waals surface area contributed by atoms with Gasteiger partial charge in [0.15, 0.2) is 0 Å². The number of rotatable bonds is 4. The largest absolute Gasteiger partial charge is 0.348 e. The number of aryl methyl sites for hydroxylation is 1. The average Bonchev–Trinajstić information content (AvgIpc) is 3.19. The van der Waals surface area contributed by atoms with Crippen molar-refractivity contribution in [1.82, 2.24) is 5.32 Å². The fourth-order valence-corrected chi connectivity index (χ4v) is 3.63. The second kappa shape index (κ2) is 8.35. The average molecular weight is 385 g/mol. The molecule has 0 saturated carbocycles. The van der Waals surface area contributed by atoms with Crippen LogP contribution >= 0.6 is 11.3 Å². The fraction of sp³-hybridized carbons (Fsp3) is 0.350. The van der Waals surface area contributed by atoms with Crippen LogP contribution in [-0.2, 0) is 16.0 Å². The summed E-state index contributed by atoms with van der Waals surface area (Å²) in [6, 6.07) is 9.12. The number of fused-ring (bicyclic) bond motifs is 1. The van der Waals surface area contributed by atoms with Crippen LogP contribution in [0, 0.1) is 5.92 Å². The summed E-state index contributed by atoms with van der Waals surface area (Å²) in [4.78, 5) is 39.2. The van der Waals surface area contributed by atoms with Gasteiger partial charge in [-0.3, -0.25) is 14.4 Å². The van der Waals surface area contributed by atoms with E-state index in [0.717, 1.165) is 24.1 Å². The van der Waals surface area contributed by atoms with Crippen LogP contribution in [-0.4, -0.2) is 30.8 Å². The molecule has 3 rings (SSSR count). The Bertz CT molecular complexity index is 846. The maximum atomic E-state index is 12.8. The van der Waals surface area contributed by atoms with Crippen molar-refractivity contribution in [2.45, 2.75) is 26.7 Å². The lowest BCUT2D eigenvalue weighted by Gasteiger charge is -2.29. The number of hydrogen-bond donors (Lipinski definition) is 2. The van der Waals surface area contributed by atoms with E-state index in [0.29, 0.717) is 23.7 Å². The minimum Gasteiger partial charge on any atom is -0.348 e. The Hall–Kier alpha value is -2.67. The van der Waals surface area contributed by atoms with Crippen molar-refractivity contribution < 1.29 is 14.4 Å². The molecule has 0 radical (unpaired) electrons. The van der Waals surface area contributed by atoms with Crippen LogP contribution in [0.3, 0.4) is 0 Å². The van der Waals surface area contributed by atoms with Crippen LogP contribution in [0.25, 0.3) is 0 Å². The minimum absolute atomic E-state index is 0.0379. The molecular formula is C20H23N3O3S. The van der Waals surface area contributed by atoms with Gasteiger partial charge in [-0.25, -0.2) is 0 Å². The van der Waals surface area contributed by atoms with Crippen LogP contribution in [0.15, 0.2) is 35.7 Å². The number of hydrogen-bond acceptors (Lipinski definition) is 4. The molecule has 27 heavy (non-hydrogen) atoms. The van der Waals surface area contributed by atoms with Crippen molar-refractivity contribution in [1.29, 1.82) is 0 Å². The first-order valence-corrected chi connectivity index (χ1v) is 9.91. The number of amides is 3. The van der Waals surface area contributed by atoms with Crippen molar-refractivity contribution in [3.8, 4) is 0 Å². The lowest BCUT2D eigenvalue weighted by atomic mass is 10.0. The van der Waals surface area contributed by atoms with Crippen molar-refractivity contribution in [2.24, 2.45) is 5.92 Å². The Morgan fingerprint density at radius 1 is 1.19 bits per heavy atom. The molecule has 0 aliphatic carbocycles. The maximum Gasteiger partial charge on any atom is 0.313 e. The molecule has 0 saturated heterocycles. The Kier molecular flexibility index (Phi) is 5.91. The molecule has 2 aromatic rings. The number of carbonyl (C=O) groups excluding carboxylic acids is 3. The molecule has 0 spiro atoms. The van der Waals surface area contributed by atoms with Gasteiger partial charge >= 0.3 is 11.8 Å². The third-order valence-electron chi connectivity index (χ3n) is 4.32. The topological polar surface area (TPSA) is 78.5 Å². The highest BCUT2D eigenvalue weighted by Gasteiger charge is 2.25. The summed E-state index contributed by atoms with van der Waals surface area (Å²) in [6.07, 6.45) is 1.78. The van der Waals surface area contributed by atoms with E-state index in [1.807, 2.05) is 37.4 Å². The summed E-state index contributed by atoms with van der Waals surface area (Å²) >= 11 is 1.41. The van der Waals surface area contributed by atoms with Gasteiger partial charge in [0, 0.05) is 24.5 Å². The predicted molar refractivity (Wildman–Crippen MR) is 107 cm³/mol. The van der Waals surface area contributed by atoms with E-state index in [-0.39, 0.29) is 11.8 Å². The van der Waals surface area contributed by atoms with E-state index in [4.69, 9.17) is 0 Å². The summed E-state index contributed by atoms with van der Waals surface area (Å²) in [5.74, 6) is -1.14. The van der Waals surface area contributed by atoms with Crippen LogP contribution in [0.2, 0.25) is 0 Å². The molecule has 0 fully saturated rings. The number of nitrogens with zero attached hydrogens (tertiary/aromatic N) is 1. The smallest absolute Gasteiger partial charge is 0.313 e. The quantitative estimate of drug-likeness (QED) is 0.794. The van der Waals surface area contributed by atoms with Crippen LogP contribution in [0.1, 0.15) is 35.5 Å². The van der Waals surface area contributed by atoms with E-state index < -0.39 is 11.8 Å². The molecule has 6 nitrogen and oxygen atoms in total. The summed E-state index contributed by atoms with van der Waals surface area (Å²) in [7, 11) is 0. The first-order valence-electron chi connectivity index (χ1n) is 9.03. The SMILES string of the molecule is CC(C)CNC(=O)C(=O)Nc1ccc2c(c1)N(C(=O)c1cccs1)CCC2. The van der Waals surface area contributed by atoms with Crippen LogP contribution in [0.4, 0.5) is 11.4 Å². The summed E-state index contributed by atoms with van der Waals surface area (Å²) < 4.78 is 0. The van der Waals surface area contributed by atoms with E-state index >= 15 is 0 Å². The molecule has 142 valence electrons. The summed E-state index contributed by atoms with van der Waals surface area (Å²) in [6.45, 7) is 5.00. The van der Waals surface area contributed by atoms with Gasteiger partial charge < -0.3 is 15.5 Å². The second-order valence-corrected chi connectivity index (χ2v) is 7.89. The molecule has 7 heteroatoms. The molecule has 2 N–H and O–H groups in total. The molecule has 1 aliphatic rings. The Labute approximate surface area is 162 Å². The van der Waals surface area contributed by atoms with E-state index in [1.165, 1.54) is 11.3 Å². The first kappa shape index (κ1) is 19.1. The molecule has 0 atom stereocenters. The zero-order valence-electron chi connectivity index (χ0n) is 15.5. The number of carbonyl (C=O) groups is 3. The van der Waals surface area contributed by atoms with Gasteiger partial charge in [0.25, 0.3) is 5.91 Å². The molecule has 1 aromatic heterocycles. The molecule has 1 aliphatic heterocycles. The highest BCUT2D eigenvalue weighted by atomic mass is 32.1. The Morgan fingerprint density at radius 2 is 2.00 bits per heavy atom. The molecule has 2 heterocycles. The van der Waals surface area contributed by atoms with E-state index in [2.05, 4.69) is 10.6 Å². The summed E-state index contributed by atoms with van der Waals surface area (Å²) in [5.41, 5.74) is 2.36. The number of thiophene rings is 1. The van der Waals surface area contributed by atoms with Crippen LogP contribution < -0.4 is 15.5 Å². The van der Waals surface area contributed by atoms with Gasteiger partial charge in [-0.1, -0.05) is 26.0 Å². The van der Waals surface area contributed by atoms with Gasteiger partial charge in [0.05, 0.1) is 4.88 Å². The molecule has 3 amide bonds. The van der Waals surface area contributed by atoms with Gasteiger partial charge in [-0.2, -0.15) is 0 Å². The fourth-order valence-electron chi connectivity index (χ4n) is 2.96. The van der Waals surface area contributed by atoms with Gasteiger partial charge in [-0.15, -0.1) is 11.3 Å². The number of benzene rings is 1. The van der Waals surface area contributed by atoms with Crippen molar-refractivity contribution in [3.63, 3.8) is 0 Å². The lowest BCUT2D eigenvalue weighted by molar-refractivity contribution is -0.136. The van der Waals surface area contributed by atoms with Gasteiger partial charge in [-0.05, 0) is 47.9 Å². The highest BCUT2D eigenvalue weighted by molar-refractivity contribution is 7.12. The molecule has 0 bridgehead atoms. The molecule has 0 unspecified atom stereocenters. The Morgan fingerprint density at radius 3 is 2.70 bits per heavy atom. The number of anilines is 2. The normalized spacial score (nSPS) is 13.2. The third-order valence-corrected chi connectivity index (χ3v) is 5.17. The van der Waals surface area contributed by atoms with Gasteiger partial charge in [0.2, 0.25) is 0 Å². The van der Waals surface area contributed by atoms with Crippen molar-refractivity contribution in [3.05, 3.63) is 46.2 Å².